The molecule has 16 heavy (non-hydrogen) atoms. The van der Waals surface area contributed by atoms with Crippen LogP contribution in [-0.2, 0) is 13.0 Å². The van der Waals surface area contributed by atoms with Crippen LogP contribution in [0, 0.1) is 6.92 Å². The van der Waals surface area contributed by atoms with Crippen molar-refractivity contribution in [1.82, 2.24) is 4.90 Å². The zero-order chi connectivity index (χ0) is 11.7. The summed E-state index contributed by atoms with van der Waals surface area (Å²) in [6, 6.07) is 5.13. The number of hydrogen-bond acceptors (Lipinski definition) is 2. The average Bonchev–Trinajstić information content (AvgIpc) is 2.27. The summed E-state index contributed by atoms with van der Waals surface area (Å²) < 4.78 is 5.37. The van der Waals surface area contributed by atoms with Crippen molar-refractivity contribution in [3.05, 3.63) is 28.8 Å². The molecule has 1 aliphatic heterocycles. The Morgan fingerprint density at radius 3 is 2.62 bits per heavy atom. The van der Waals surface area contributed by atoms with Crippen LogP contribution in [0.3, 0.4) is 0 Å². The highest BCUT2D eigenvalue weighted by atomic mass is 16.5. The quantitative estimate of drug-likeness (QED) is 0.758. The number of hydrogen-bond donors (Lipinski definition) is 0. The Bertz CT molecular complexity index is 385. The van der Waals surface area contributed by atoms with E-state index in [4.69, 9.17) is 4.74 Å². The second-order valence-electron chi connectivity index (χ2n) is 4.90. The van der Waals surface area contributed by atoms with Gasteiger partial charge in [-0.1, -0.05) is 6.07 Å². The zero-order valence-corrected chi connectivity index (χ0v) is 10.7. The van der Waals surface area contributed by atoms with E-state index in [1.807, 2.05) is 0 Å². The van der Waals surface area contributed by atoms with Crippen molar-refractivity contribution in [2.75, 3.05) is 13.7 Å². The molecule has 1 aromatic rings. The van der Waals surface area contributed by atoms with Gasteiger partial charge in [0.25, 0.3) is 0 Å². The zero-order valence-electron chi connectivity index (χ0n) is 10.7. The molecular weight excluding hydrogens is 198 g/mol. The SMILES string of the molecule is COc1cc2c(cc1C)CN(C(C)C)CC2. The van der Waals surface area contributed by atoms with Crippen LogP contribution >= 0.6 is 0 Å². The first-order valence-electron chi connectivity index (χ1n) is 6.02. The molecule has 0 radical (unpaired) electrons. The molecule has 0 bridgehead atoms. The van der Waals surface area contributed by atoms with Crippen molar-refractivity contribution < 1.29 is 4.74 Å². The number of fused-ring (bicyclic) bond motifs is 1. The van der Waals surface area contributed by atoms with Crippen molar-refractivity contribution >= 4 is 0 Å². The van der Waals surface area contributed by atoms with Crippen molar-refractivity contribution in [2.45, 2.75) is 39.8 Å². The van der Waals surface area contributed by atoms with Crippen LogP contribution < -0.4 is 4.74 Å². The fraction of sp³-hybridized carbons (Fsp3) is 0.571. The van der Waals surface area contributed by atoms with Gasteiger partial charge in [-0.05, 0) is 49.9 Å². The molecule has 88 valence electrons. The van der Waals surface area contributed by atoms with E-state index in [0.29, 0.717) is 6.04 Å². The van der Waals surface area contributed by atoms with Gasteiger partial charge in [0, 0.05) is 19.1 Å². The second kappa shape index (κ2) is 4.46. The molecular formula is C14H21NO. The van der Waals surface area contributed by atoms with Gasteiger partial charge in [0.1, 0.15) is 5.75 Å². The molecule has 0 unspecified atom stereocenters. The lowest BCUT2D eigenvalue weighted by atomic mass is 9.96. The molecule has 0 saturated carbocycles. The van der Waals surface area contributed by atoms with Crippen LogP contribution in [0.4, 0.5) is 0 Å². The van der Waals surface area contributed by atoms with Gasteiger partial charge < -0.3 is 4.74 Å². The van der Waals surface area contributed by atoms with Gasteiger partial charge in [-0.25, -0.2) is 0 Å². The molecule has 0 atom stereocenters. The topological polar surface area (TPSA) is 12.5 Å². The Balaban J connectivity index is 2.29. The third kappa shape index (κ3) is 2.07. The van der Waals surface area contributed by atoms with Crippen molar-refractivity contribution in [3.63, 3.8) is 0 Å². The number of rotatable bonds is 2. The Labute approximate surface area is 98.2 Å². The lowest BCUT2D eigenvalue weighted by Crippen LogP contribution is -2.35. The minimum Gasteiger partial charge on any atom is -0.496 e. The molecule has 2 heteroatoms. The van der Waals surface area contributed by atoms with Crippen molar-refractivity contribution in [1.29, 1.82) is 0 Å². The van der Waals surface area contributed by atoms with Gasteiger partial charge in [0.2, 0.25) is 0 Å². The van der Waals surface area contributed by atoms with E-state index in [1.54, 1.807) is 7.11 Å². The summed E-state index contributed by atoms with van der Waals surface area (Å²) in [6.45, 7) is 8.89. The second-order valence-corrected chi connectivity index (χ2v) is 4.90. The summed E-state index contributed by atoms with van der Waals surface area (Å²) in [5.74, 6) is 1.02. The first-order valence-corrected chi connectivity index (χ1v) is 6.02. The fourth-order valence-corrected chi connectivity index (χ4v) is 2.39. The van der Waals surface area contributed by atoms with Crippen LogP contribution in [-0.4, -0.2) is 24.6 Å². The minimum absolute atomic E-state index is 0.635. The molecule has 0 fully saturated rings. The summed E-state index contributed by atoms with van der Waals surface area (Å²) in [4.78, 5) is 2.52. The normalized spacial score (nSPS) is 16.3. The maximum atomic E-state index is 5.37. The summed E-state index contributed by atoms with van der Waals surface area (Å²) in [6.07, 6.45) is 1.14. The summed E-state index contributed by atoms with van der Waals surface area (Å²) in [5.41, 5.74) is 4.17. The molecule has 0 N–H and O–H groups in total. The highest BCUT2D eigenvalue weighted by molar-refractivity contribution is 5.43. The fourth-order valence-electron chi connectivity index (χ4n) is 2.39. The third-order valence-corrected chi connectivity index (χ3v) is 3.49. The smallest absolute Gasteiger partial charge is 0.122 e. The van der Waals surface area contributed by atoms with Crippen LogP contribution in [0.15, 0.2) is 12.1 Å². The van der Waals surface area contributed by atoms with Crippen molar-refractivity contribution in [3.8, 4) is 5.75 Å². The standard InChI is InChI=1S/C14H21NO/c1-10(2)15-6-5-12-8-14(16-4)11(3)7-13(12)9-15/h7-8,10H,5-6,9H2,1-4H3. The predicted molar refractivity (Wildman–Crippen MR) is 67.0 cm³/mol. The van der Waals surface area contributed by atoms with Crippen molar-refractivity contribution in [2.24, 2.45) is 0 Å². The van der Waals surface area contributed by atoms with Crippen LogP contribution in [0.2, 0.25) is 0 Å². The molecule has 0 spiro atoms. The molecule has 0 aliphatic carbocycles. The number of benzene rings is 1. The Hall–Kier alpha value is -1.02. The van der Waals surface area contributed by atoms with E-state index in [-0.39, 0.29) is 0 Å². The Kier molecular flexibility index (Phi) is 3.20. The first kappa shape index (κ1) is 11.5. The van der Waals surface area contributed by atoms with Gasteiger partial charge in [0.05, 0.1) is 7.11 Å². The Morgan fingerprint density at radius 2 is 2.00 bits per heavy atom. The predicted octanol–water partition coefficient (Wildman–Crippen LogP) is 2.77. The van der Waals surface area contributed by atoms with E-state index in [9.17, 15) is 0 Å². The highest BCUT2D eigenvalue weighted by Crippen LogP contribution is 2.27. The lowest BCUT2D eigenvalue weighted by Gasteiger charge is -2.32. The number of methoxy groups -OCH3 is 1. The highest BCUT2D eigenvalue weighted by Gasteiger charge is 2.19. The summed E-state index contributed by atoms with van der Waals surface area (Å²) in [5, 5.41) is 0. The van der Waals surface area contributed by atoms with Gasteiger partial charge >= 0.3 is 0 Å². The largest absolute Gasteiger partial charge is 0.496 e. The maximum absolute atomic E-state index is 5.37. The van der Waals surface area contributed by atoms with Gasteiger partial charge in [-0.2, -0.15) is 0 Å². The van der Waals surface area contributed by atoms with Gasteiger partial charge in [-0.3, -0.25) is 4.90 Å². The summed E-state index contributed by atoms with van der Waals surface area (Å²) >= 11 is 0. The first-order chi connectivity index (χ1) is 7.61. The lowest BCUT2D eigenvalue weighted by molar-refractivity contribution is 0.203. The molecule has 0 saturated heterocycles. The van der Waals surface area contributed by atoms with Gasteiger partial charge in [0.15, 0.2) is 0 Å². The maximum Gasteiger partial charge on any atom is 0.122 e. The molecule has 0 amide bonds. The molecule has 2 rings (SSSR count). The van der Waals surface area contributed by atoms with E-state index < -0.39 is 0 Å². The molecule has 1 heterocycles. The van der Waals surface area contributed by atoms with Crippen LogP contribution in [0.25, 0.3) is 0 Å². The molecule has 1 aromatic carbocycles. The van der Waals surface area contributed by atoms with E-state index in [2.05, 4.69) is 37.8 Å². The number of aryl methyl sites for hydroxylation is 1. The number of nitrogens with zero attached hydrogens (tertiary/aromatic N) is 1. The molecule has 0 aromatic heterocycles. The van der Waals surface area contributed by atoms with Crippen LogP contribution in [0.5, 0.6) is 5.75 Å². The number of ether oxygens (including phenoxy) is 1. The minimum atomic E-state index is 0.635. The Morgan fingerprint density at radius 1 is 1.25 bits per heavy atom. The monoisotopic (exact) mass is 219 g/mol. The molecule has 1 aliphatic rings. The van der Waals surface area contributed by atoms with Crippen LogP contribution in [0.1, 0.15) is 30.5 Å². The molecule has 2 nitrogen and oxygen atoms in total. The van der Waals surface area contributed by atoms with Gasteiger partial charge in [-0.15, -0.1) is 0 Å². The van der Waals surface area contributed by atoms with E-state index in [0.717, 1.165) is 25.3 Å². The van der Waals surface area contributed by atoms with E-state index >= 15 is 0 Å². The average molecular weight is 219 g/mol. The van der Waals surface area contributed by atoms with E-state index in [1.165, 1.54) is 16.7 Å². The third-order valence-electron chi connectivity index (χ3n) is 3.49. The summed E-state index contributed by atoms with van der Waals surface area (Å²) in [7, 11) is 1.75.